The van der Waals surface area contributed by atoms with Gasteiger partial charge in [0.25, 0.3) is 0 Å². The van der Waals surface area contributed by atoms with Crippen molar-refractivity contribution in [1.82, 2.24) is 9.78 Å². The van der Waals surface area contributed by atoms with Gasteiger partial charge in [-0.05, 0) is 6.07 Å². The van der Waals surface area contributed by atoms with Crippen LogP contribution in [0.25, 0.3) is 17.0 Å². The second kappa shape index (κ2) is 3.20. The standard InChI is InChI=1S/C10H9N3O2/c1-3-7-4-5-8-6-12(2)11-9(8)10(7)13(14)15/h3-6H,1H2,2H3. The molecule has 0 spiro atoms. The number of nitro benzene ring substituents is 1. The van der Waals surface area contributed by atoms with Gasteiger partial charge in [0.05, 0.1) is 10.5 Å². The molecule has 0 radical (unpaired) electrons. The third-order valence-corrected chi connectivity index (χ3v) is 2.20. The second-order valence-corrected chi connectivity index (χ2v) is 3.21. The Kier molecular flexibility index (Phi) is 2.00. The smallest absolute Gasteiger partial charge is 0.274 e. The summed E-state index contributed by atoms with van der Waals surface area (Å²) in [5.74, 6) is 0. The van der Waals surface area contributed by atoms with Gasteiger partial charge in [-0.1, -0.05) is 18.7 Å². The molecule has 15 heavy (non-hydrogen) atoms. The van der Waals surface area contributed by atoms with Gasteiger partial charge in [0.1, 0.15) is 0 Å². The maximum atomic E-state index is 10.9. The van der Waals surface area contributed by atoms with Crippen molar-refractivity contribution in [3.05, 3.63) is 40.6 Å². The lowest BCUT2D eigenvalue weighted by molar-refractivity contribution is -0.383. The van der Waals surface area contributed by atoms with Crippen LogP contribution in [0.2, 0.25) is 0 Å². The third-order valence-electron chi connectivity index (χ3n) is 2.20. The van der Waals surface area contributed by atoms with Crippen molar-refractivity contribution in [3.63, 3.8) is 0 Å². The largest absolute Gasteiger partial charge is 0.304 e. The number of rotatable bonds is 2. The van der Waals surface area contributed by atoms with E-state index >= 15 is 0 Å². The zero-order chi connectivity index (χ0) is 11.0. The maximum absolute atomic E-state index is 10.9. The molecule has 76 valence electrons. The van der Waals surface area contributed by atoms with Crippen molar-refractivity contribution in [3.8, 4) is 0 Å². The van der Waals surface area contributed by atoms with Crippen LogP contribution in [0, 0.1) is 10.1 Å². The minimum Gasteiger partial charge on any atom is -0.274 e. The fourth-order valence-corrected chi connectivity index (χ4v) is 1.56. The van der Waals surface area contributed by atoms with Crippen molar-refractivity contribution < 1.29 is 4.92 Å². The number of fused-ring (bicyclic) bond motifs is 1. The molecule has 0 amide bonds. The summed E-state index contributed by atoms with van der Waals surface area (Å²) in [6, 6.07) is 3.47. The molecule has 2 aromatic rings. The highest BCUT2D eigenvalue weighted by molar-refractivity contribution is 5.91. The lowest BCUT2D eigenvalue weighted by Crippen LogP contribution is -1.93. The van der Waals surface area contributed by atoms with E-state index in [-0.39, 0.29) is 5.69 Å². The fraction of sp³-hybridized carbons (Fsp3) is 0.100. The lowest BCUT2D eigenvalue weighted by Gasteiger charge is -1.96. The van der Waals surface area contributed by atoms with Crippen LogP contribution in [-0.2, 0) is 7.05 Å². The van der Waals surface area contributed by atoms with Crippen molar-refractivity contribution in [2.24, 2.45) is 7.05 Å². The summed E-state index contributed by atoms with van der Waals surface area (Å²) in [5.41, 5.74) is 0.911. The van der Waals surface area contributed by atoms with E-state index in [1.807, 2.05) is 0 Å². The van der Waals surface area contributed by atoms with Crippen molar-refractivity contribution >= 4 is 22.7 Å². The van der Waals surface area contributed by atoms with Gasteiger partial charge in [0.15, 0.2) is 5.52 Å². The summed E-state index contributed by atoms with van der Waals surface area (Å²) in [6.45, 7) is 3.55. The van der Waals surface area contributed by atoms with Gasteiger partial charge in [0.2, 0.25) is 0 Å². The predicted octanol–water partition coefficient (Wildman–Crippen LogP) is 2.12. The number of hydrogen-bond acceptors (Lipinski definition) is 3. The van der Waals surface area contributed by atoms with E-state index in [0.29, 0.717) is 11.1 Å². The van der Waals surface area contributed by atoms with Gasteiger partial charge >= 0.3 is 5.69 Å². The molecular formula is C10H9N3O2. The Hall–Kier alpha value is -2.17. The number of aryl methyl sites for hydroxylation is 1. The summed E-state index contributed by atoms with van der Waals surface area (Å²) in [4.78, 5) is 10.5. The minimum absolute atomic E-state index is 0.0168. The van der Waals surface area contributed by atoms with Gasteiger partial charge in [-0.2, -0.15) is 5.10 Å². The van der Waals surface area contributed by atoms with Gasteiger partial charge in [-0.15, -0.1) is 0 Å². The van der Waals surface area contributed by atoms with Gasteiger partial charge in [0, 0.05) is 18.6 Å². The zero-order valence-corrected chi connectivity index (χ0v) is 8.17. The van der Waals surface area contributed by atoms with E-state index < -0.39 is 4.92 Å². The molecule has 0 N–H and O–H groups in total. The molecule has 0 fully saturated rings. The van der Waals surface area contributed by atoms with E-state index in [9.17, 15) is 10.1 Å². The molecule has 1 aromatic carbocycles. The third kappa shape index (κ3) is 1.38. The van der Waals surface area contributed by atoms with Crippen LogP contribution < -0.4 is 0 Å². The van der Waals surface area contributed by atoms with Crippen LogP contribution in [0.1, 0.15) is 5.56 Å². The second-order valence-electron chi connectivity index (χ2n) is 3.21. The Labute approximate surface area is 85.8 Å². The van der Waals surface area contributed by atoms with Crippen LogP contribution in [0.5, 0.6) is 0 Å². The highest BCUT2D eigenvalue weighted by atomic mass is 16.6. The number of nitro groups is 1. The molecule has 1 heterocycles. The normalized spacial score (nSPS) is 10.5. The summed E-state index contributed by atoms with van der Waals surface area (Å²) in [6.07, 6.45) is 3.21. The molecule has 5 nitrogen and oxygen atoms in total. The first-order valence-corrected chi connectivity index (χ1v) is 4.36. The molecule has 0 bridgehead atoms. The minimum atomic E-state index is -0.424. The lowest BCUT2D eigenvalue weighted by atomic mass is 10.1. The highest BCUT2D eigenvalue weighted by Crippen LogP contribution is 2.28. The van der Waals surface area contributed by atoms with Gasteiger partial charge in [-0.25, -0.2) is 0 Å². The van der Waals surface area contributed by atoms with Crippen molar-refractivity contribution in [1.29, 1.82) is 0 Å². The van der Waals surface area contributed by atoms with Crippen LogP contribution in [0.15, 0.2) is 24.9 Å². The molecule has 5 heteroatoms. The number of hydrogen-bond donors (Lipinski definition) is 0. The quantitative estimate of drug-likeness (QED) is 0.554. The zero-order valence-electron chi connectivity index (χ0n) is 8.17. The van der Waals surface area contributed by atoms with E-state index in [0.717, 1.165) is 5.39 Å². The molecular weight excluding hydrogens is 194 g/mol. The van der Waals surface area contributed by atoms with Crippen molar-refractivity contribution in [2.45, 2.75) is 0 Å². The number of nitrogens with zero attached hydrogens (tertiary/aromatic N) is 3. The van der Waals surface area contributed by atoms with E-state index in [4.69, 9.17) is 0 Å². The molecule has 2 rings (SSSR count). The first-order chi connectivity index (χ1) is 7.13. The average molecular weight is 203 g/mol. The molecule has 0 aliphatic rings. The van der Waals surface area contributed by atoms with Crippen LogP contribution in [0.3, 0.4) is 0 Å². The first-order valence-electron chi connectivity index (χ1n) is 4.36. The number of benzene rings is 1. The summed E-state index contributed by atoms with van der Waals surface area (Å²) in [5, 5.41) is 15.7. The van der Waals surface area contributed by atoms with Gasteiger partial charge in [-0.3, -0.25) is 14.8 Å². The predicted molar refractivity (Wildman–Crippen MR) is 57.5 cm³/mol. The Morgan fingerprint density at radius 1 is 1.60 bits per heavy atom. The van der Waals surface area contributed by atoms with E-state index in [1.54, 1.807) is 30.1 Å². The SMILES string of the molecule is C=Cc1ccc2cn(C)nc2c1[N+](=O)[O-]. The molecule has 0 atom stereocenters. The molecule has 0 unspecified atom stereocenters. The Morgan fingerprint density at radius 2 is 2.33 bits per heavy atom. The molecule has 0 saturated heterocycles. The van der Waals surface area contributed by atoms with E-state index in [1.165, 1.54) is 6.08 Å². The average Bonchev–Trinajstić information content (AvgIpc) is 2.55. The highest BCUT2D eigenvalue weighted by Gasteiger charge is 2.18. The molecule has 0 saturated carbocycles. The summed E-state index contributed by atoms with van der Waals surface area (Å²) >= 11 is 0. The Balaban J connectivity index is 2.89. The molecule has 0 aliphatic heterocycles. The van der Waals surface area contributed by atoms with Crippen LogP contribution >= 0.6 is 0 Å². The fourth-order valence-electron chi connectivity index (χ4n) is 1.56. The maximum Gasteiger partial charge on any atom is 0.304 e. The number of aromatic nitrogens is 2. The van der Waals surface area contributed by atoms with Gasteiger partial charge < -0.3 is 0 Å². The first kappa shape index (κ1) is 9.39. The monoisotopic (exact) mass is 203 g/mol. The summed E-state index contributed by atoms with van der Waals surface area (Å²) < 4.78 is 1.56. The van der Waals surface area contributed by atoms with Crippen LogP contribution in [0.4, 0.5) is 5.69 Å². The molecule has 1 aromatic heterocycles. The Morgan fingerprint density at radius 3 is 2.93 bits per heavy atom. The Bertz CT molecular complexity index is 557. The summed E-state index contributed by atoms with van der Waals surface area (Å²) in [7, 11) is 1.73. The van der Waals surface area contributed by atoms with Crippen molar-refractivity contribution in [2.75, 3.05) is 0 Å². The molecule has 0 aliphatic carbocycles. The van der Waals surface area contributed by atoms with E-state index in [2.05, 4.69) is 11.7 Å². The van der Waals surface area contributed by atoms with Crippen LogP contribution in [-0.4, -0.2) is 14.7 Å². The topological polar surface area (TPSA) is 61.0 Å².